The summed E-state index contributed by atoms with van der Waals surface area (Å²) in [7, 11) is 0. The molecule has 1 aliphatic heterocycles. The molecule has 1 aromatic rings. The van der Waals surface area contributed by atoms with Gasteiger partial charge in [0.1, 0.15) is 0 Å². The van der Waals surface area contributed by atoms with Crippen LogP contribution in [0.3, 0.4) is 0 Å². The van der Waals surface area contributed by atoms with Crippen LogP contribution in [-0.4, -0.2) is 34.1 Å². The normalized spacial score (nSPS) is 21.7. The molecule has 2 heterocycles. The first-order valence-electron chi connectivity index (χ1n) is 6.59. The van der Waals surface area contributed by atoms with E-state index in [4.69, 9.17) is 11.6 Å². The van der Waals surface area contributed by atoms with E-state index in [-0.39, 0.29) is 17.9 Å². The SMILES string of the molecule is C[C@H](C(=O)N1CCC[C@@H]1C(C)(C)O)c1ccc(Cl)s1. The van der Waals surface area contributed by atoms with Crippen molar-refractivity contribution in [2.75, 3.05) is 6.54 Å². The molecule has 3 nitrogen and oxygen atoms in total. The zero-order valence-electron chi connectivity index (χ0n) is 11.5. The molecule has 1 amide bonds. The lowest BCUT2D eigenvalue weighted by Gasteiger charge is -2.35. The molecular weight excluding hydrogens is 282 g/mol. The number of halogens is 1. The van der Waals surface area contributed by atoms with Gasteiger partial charge in [0.25, 0.3) is 0 Å². The van der Waals surface area contributed by atoms with E-state index < -0.39 is 5.60 Å². The molecule has 1 fully saturated rings. The topological polar surface area (TPSA) is 40.5 Å². The Hall–Kier alpha value is -0.580. The van der Waals surface area contributed by atoms with Gasteiger partial charge in [0.05, 0.1) is 21.9 Å². The second-order valence-corrected chi connectivity index (χ2v) is 7.45. The third-order valence-corrected chi connectivity index (χ3v) is 5.16. The predicted octanol–water partition coefficient (Wildman–Crippen LogP) is 3.27. The molecule has 0 radical (unpaired) electrons. The Labute approximate surface area is 123 Å². The molecule has 19 heavy (non-hydrogen) atoms. The maximum absolute atomic E-state index is 12.6. The second kappa shape index (κ2) is 5.43. The number of thiophene rings is 1. The minimum Gasteiger partial charge on any atom is -0.388 e. The van der Waals surface area contributed by atoms with E-state index in [1.165, 1.54) is 11.3 Å². The maximum Gasteiger partial charge on any atom is 0.231 e. The zero-order chi connectivity index (χ0) is 14.2. The number of carbonyl (C=O) groups is 1. The molecule has 1 saturated heterocycles. The smallest absolute Gasteiger partial charge is 0.231 e. The Bertz CT molecular complexity index is 466. The van der Waals surface area contributed by atoms with E-state index in [0.29, 0.717) is 4.34 Å². The summed E-state index contributed by atoms with van der Waals surface area (Å²) in [5, 5.41) is 10.2. The Morgan fingerprint density at radius 2 is 2.26 bits per heavy atom. The van der Waals surface area contributed by atoms with Crippen molar-refractivity contribution in [1.29, 1.82) is 0 Å². The summed E-state index contributed by atoms with van der Waals surface area (Å²) in [5.41, 5.74) is -0.848. The Kier molecular flexibility index (Phi) is 4.23. The van der Waals surface area contributed by atoms with Gasteiger partial charge in [-0.2, -0.15) is 0 Å². The van der Waals surface area contributed by atoms with Crippen LogP contribution in [0.4, 0.5) is 0 Å². The van der Waals surface area contributed by atoms with Crippen molar-refractivity contribution in [1.82, 2.24) is 4.90 Å². The summed E-state index contributed by atoms with van der Waals surface area (Å²) in [5.74, 6) is -0.108. The molecule has 2 atom stereocenters. The number of carbonyl (C=O) groups excluding carboxylic acids is 1. The van der Waals surface area contributed by atoms with E-state index >= 15 is 0 Å². The van der Waals surface area contributed by atoms with Crippen LogP contribution in [0.15, 0.2) is 12.1 Å². The van der Waals surface area contributed by atoms with E-state index in [1.54, 1.807) is 13.8 Å². The molecule has 106 valence electrons. The Morgan fingerprint density at radius 3 is 2.79 bits per heavy atom. The molecule has 0 spiro atoms. The zero-order valence-corrected chi connectivity index (χ0v) is 13.1. The summed E-state index contributed by atoms with van der Waals surface area (Å²) < 4.78 is 0.704. The molecule has 5 heteroatoms. The summed E-state index contributed by atoms with van der Waals surface area (Å²) in [6.45, 7) is 6.19. The molecule has 0 aromatic carbocycles. The van der Waals surface area contributed by atoms with Crippen LogP contribution < -0.4 is 0 Å². The second-order valence-electron chi connectivity index (χ2n) is 5.71. The molecule has 0 unspecified atom stereocenters. The molecule has 1 aliphatic rings. The minimum absolute atomic E-state index is 0.0853. The van der Waals surface area contributed by atoms with Gasteiger partial charge < -0.3 is 10.0 Å². The number of likely N-dealkylation sites (tertiary alicyclic amines) is 1. The highest BCUT2D eigenvalue weighted by Gasteiger charge is 2.40. The number of nitrogens with zero attached hydrogens (tertiary/aromatic N) is 1. The average Bonchev–Trinajstić information content (AvgIpc) is 2.94. The predicted molar refractivity (Wildman–Crippen MR) is 78.8 cm³/mol. The molecule has 0 saturated carbocycles. The van der Waals surface area contributed by atoms with Crippen LogP contribution in [0.25, 0.3) is 0 Å². The Balaban J connectivity index is 2.15. The molecule has 2 rings (SSSR count). The van der Waals surface area contributed by atoms with Crippen molar-refractivity contribution in [2.45, 2.75) is 51.2 Å². The van der Waals surface area contributed by atoms with E-state index in [2.05, 4.69) is 0 Å². The highest BCUT2D eigenvalue weighted by atomic mass is 35.5. The van der Waals surface area contributed by atoms with Crippen LogP contribution in [0.2, 0.25) is 4.34 Å². The summed E-state index contributed by atoms with van der Waals surface area (Å²) in [6, 6.07) is 3.64. The van der Waals surface area contributed by atoms with Gasteiger partial charge in [-0.1, -0.05) is 11.6 Å². The third-order valence-electron chi connectivity index (χ3n) is 3.74. The first-order valence-corrected chi connectivity index (χ1v) is 7.78. The quantitative estimate of drug-likeness (QED) is 0.931. The lowest BCUT2D eigenvalue weighted by atomic mass is 9.95. The van der Waals surface area contributed by atoms with Crippen LogP contribution in [0.5, 0.6) is 0 Å². The number of hydrogen-bond donors (Lipinski definition) is 1. The third kappa shape index (κ3) is 3.12. The van der Waals surface area contributed by atoms with Crippen molar-refractivity contribution in [3.05, 3.63) is 21.3 Å². The van der Waals surface area contributed by atoms with Crippen molar-refractivity contribution in [2.24, 2.45) is 0 Å². The summed E-state index contributed by atoms with van der Waals surface area (Å²) in [4.78, 5) is 15.4. The first kappa shape index (κ1) is 14.8. The summed E-state index contributed by atoms with van der Waals surface area (Å²) >= 11 is 7.37. The van der Waals surface area contributed by atoms with Crippen LogP contribution in [0, 0.1) is 0 Å². The van der Waals surface area contributed by atoms with Crippen molar-refractivity contribution in [3.8, 4) is 0 Å². The van der Waals surface area contributed by atoms with Gasteiger partial charge in [-0.15, -0.1) is 11.3 Å². The largest absolute Gasteiger partial charge is 0.388 e. The highest BCUT2D eigenvalue weighted by Crippen LogP contribution is 2.33. The van der Waals surface area contributed by atoms with E-state index in [0.717, 1.165) is 24.3 Å². The van der Waals surface area contributed by atoms with Gasteiger partial charge in [-0.25, -0.2) is 0 Å². The van der Waals surface area contributed by atoms with Crippen molar-refractivity contribution < 1.29 is 9.90 Å². The van der Waals surface area contributed by atoms with E-state index in [9.17, 15) is 9.90 Å². The summed E-state index contributed by atoms with van der Waals surface area (Å²) in [6.07, 6.45) is 1.82. The molecule has 1 N–H and O–H groups in total. The standard InChI is InChI=1S/C14H20ClNO2S/c1-9(10-6-7-12(15)19-10)13(17)16-8-4-5-11(16)14(2,3)18/h6-7,9,11,18H,4-5,8H2,1-3H3/t9-,11+/m0/s1. The van der Waals surface area contributed by atoms with Crippen LogP contribution in [-0.2, 0) is 4.79 Å². The number of amides is 1. The van der Waals surface area contributed by atoms with E-state index in [1.807, 2.05) is 24.0 Å². The fourth-order valence-corrected chi connectivity index (χ4v) is 3.80. The van der Waals surface area contributed by atoms with Gasteiger partial charge >= 0.3 is 0 Å². The van der Waals surface area contributed by atoms with Crippen molar-refractivity contribution >= 4 is 28.8 Å². The van der Waals surface area contributed by atoms with Gasteiger partial charge in [-0.05, 0) is 45.7 Å². The van der Waals surface area contributed by atoms with Crippen LogP contribution in [0.1, 0.15) is 44.4 Å². The maximum atomic E-state index is 12.6. The molecular formula is C14H20ClNO2S. The lowest BCUT2D eigenvalue weighted by Crippen LogP contribution is -2.49. The molecule has 1 aromatic heterocycles. The fourth-order valence-electron chi connectivity index (χ4n) is 2.70. The van der Waals surface area contributed by atoms with Gasteiger partial charge in [0.2, 0.25) is 5.91 Å². The van der Waals surface area contributed by atoms with Crippen molar-refractivity contribution in [3.63, 3.8) is 0 Å². The van der Waals surface area contributed by atoms with Gasteiger partial charge in [0.15, 0.2) is 0 Å². The number of hydrogen-bond acceptors (Lipinski definition) is 3. The number of rotatable bonds is 3. The average molecular weight is 302 g/mol. The monoisotopic (exact) mass is 301 g/mol. The first-order chi connectivity index (χ1) is 8.80. The molecule has 0 aliphatic carbocycles. The molecule has 0 bridgehead atoms. The lowest BCUT2D eigenvalue weighted by molar-refractivity contribution is -0.137. The number of aliphatic hydroxyl groups is 1. The van der Waals surface area contributed by atoms with Crippen LogP contribution >= 0.6 is 22.9 Å². The Morgan fingerprint density at radius 1 is 1.58 bits per heavy atom. The fraction of sp³-hybridized carbons (Fsp3) is 0.643. The highest BCUT2D eigenvalue weighted by molar-refractivity contribution is 7.16. The minimum atomic E-state index is -0.848. The van der Waals surface area contributed by atoms with Gasteiger partial charge in [-0.3, -0.25) is 4.79 Å². The van der Waals surface area contributed by atoms with Gasteiger partial charge in [0, 0.05) is 11.4 Å².